The molecule has 1 aromatic carbocycles. The monoisotopic (exact) mass is 430 g/mol. The van der Waals surface area contributed by atoms with Crippen molar-refractivity contribution in [3.05, 3.63) is 41.7 Å². The second-order valence-corrected chi connectivity index (χ2v) is 8.80. The average Bonchev–Trinajstić information content (AvgIpc) is 2.87. The van der Waals surface area contributed by atoms with Gasteiger partial charge in [-0.15, -0.1) is 0 Å². The standard InChI is InChI=1S/C18H21F3N4O3S/c1-24-12-15(16(23-24)18(19,20)21)17(26)22-13-6-8-14(9-7-13)29(27,28)25-10-4-2-3-5-11-25/h6-9,12H,2-5,10-11H2,1H3,(H,22,26). The van der Waals surface area contributed by atoms with Crippen LogP contribution in [0, 0.1) is 0 Å². The molecule has 0 spiro atoms. The number of anilines is 1. The lowest BCUT2D eigenvalue weighted by Crippen LogP contribution is -2.31. The number of halogens is 3. The highest BCUT2D eigenvalue weighted by Crippen LogP contribution is 2.31. The second-order valence-electron chi connectivity index (χ2n) is 6.86. The van der Waals surface area contributed by atoms with Gasteiger partial charge >= 0.3 is 6.18 Å². The van der Waals surface area contributed by atoms with E-state index in [0.717, 1.165) is 36.6 Å². The van der Waals surface area contributed by atoms with Gasteiger partial charge in [0.2, 0.25) is 10.0 Å². The molecule has 1 aromatic heterocycles. The van der Waals surface area contributed by atoms with Crippen molar-refractivity contribution < 1.29 is 26.4 Å². The molecular formula is C18H21F3N4O3S. The van der Waals surface area contributed by atoms with Gasteiger partial charge in [0, 0.05) is 32.0 Å². The molecule has 2 aromatic rings. The van der Waals surface area contributed by atoms with Crippen LogP contribution in [0.4, 0.5) is 18.9 Å². The number of hydrogen-bond acceptors (Lipinski definition) is 4. The van der Waals surface area contributed by atoms with E-state index in [4.69, 9.17) is 0 Å². The molecular weight excluding hydrogens is 409 g/mol. The van der Waals surface area contributed by atoms with E-state index < -0.39 is 33.4 Å². The Morgan fingerprint density at radius 1 is 1.07 bits per heavy atom. The number of carbonyl (C=O) groups is 1. The van der Waals surface area contributed by atoms with Crippen LogP contribution in [-0.4, -0.2) is 41.5 Å². The van der Waals surface area contributed by atoms with Crippen molar-refractivity contribution >= 4 is 21.6 Å². The number of nitrogens with zero attached hydrogens (tertiary/aromatic N) is 3. The molecule has 1 aliphatic heterocycles. The molecule has 11 heteroatoms. The number of benzene rings is 1. The minimum absolute atomic E-state index is 0.0785. The fourth-order valence-electron chi connectivity index (χ4n) is 3.20. The Morgan fingerprint density at radius 3 is 2.21 bits per heavy atom. The third kappa shape index (κ3) is 4.78. The summed E-state index contributed by atoms with van der Waals surface area (Å²) in [5, 5.41) is 5.65. The Bertz CT molecular complexity index is 977. The fourth-order valence-corrected chi connectivity index (χ4v) is 4.72. The van der Waals surface area contributed by atoms with Crippen molar-refractivity contribution in [3.8, 4) is 0 Å². The normalized spacial score (nSPS) is 16.4. The van der Waals surface area contributed by atoms with Gasteiger partial charge in [-0.2, -0.15) is 22.6 Å². The summed E-state index contributed by atoms with van der Waals surface area (Å²) in [4.78, 5) is 12.3. The largest absolute Gasteiger partial charge is 0.435 e. The number of sulfonamides is 1. The van der Waals surface area contributed by atoms with Gasteiger partial charge in [-0.1, -0.05) is 12.8 Å². The van der Waals surface area contributed by atoms with Gasteiger partial charge in [0.05, 0.1) is 10.5 Å². The van der Waals surface area contributed by atoms with Crippen molar-refractivity contribution in [2.75, 3.05) is 18.4 Å². The maximum absolute atomic E-state index is 13.0. The van der Waals surface area contributed by atoms with Crippen LogP contribution < -0.4 is 5.32 Å². The number of amides is 1. The molecule has 0 bridgehead atoms. The van der Waals surface area contributed by atoms with E-state index in [-0.39, 0.29) is 10.6 Å². The number of hydrogen-bond donors (Lipinski definition) is 1. The Balaban J connectivity index is 1.77. The zero-order valence-corrected chi connectivity index (χ0v) is 16.6. The molecule has 0 radical (unpaired) electrons. The van der Waals surface area contributed by atoms with E-state index in [1.54, 1.807) is 0 Å². The lowest BCUT2D eigenvalue weighted by molar-refractivity contribution is -0.141. The number of carbonyl (C=O) groups excluding carboxylic acids is 1. The van der Waals surface area contributed by atoms with Crippen molar-refractivity contribution in [3.63, 3.8) is 0 Å². The number of aromatic nitrogens is 2. The molecule has 1 amide bonds. The predicted molar refractivity (Wildman–Crippen MR) is 99.8 cm³/mol. The summed E-state index contributed by atoms with van der Waals surface area (Å²) >= 11 is 0. The van der Waals surface area contributed by atoms with E-state index in [1.165, 1.54) is 35.6 Å². The van der Waals surface area contributed by atoms with Crippen LogP contribution >= 0.6 is 0 Å². The molecule has 0 aliphatic carbocycles. The molecule has 2 heterocycles. The van der Waals surface area contributed by atoms with Crippen molar-refractivity contribution in [1.29, 1.82) is 0 Å². The van der Waals surface area contributed by atoms with Gasteiger partial charge in [-0.25, -0.2) is 8.42 Å². The topological polar surface area (TPSA) is 84.3 Å². The average molecular weight is 430 g/mol. The molecule has 3 rings (SSSR count). The minimum atomic E-state index is -4.76. The molecule has 1 N–H and O–H groups in total. The summed E-state index contributed by atoms with van der Waals surface area (Å²) in [7, 11) is -2.36. The molecule has 7 nitrogen and oxygen atoms in total. The van der Waals surface area contributed by atoms with Crippen molar-refractivity contribution in [2.24, 2.45) is 7.05 Å². The summed E-state index contributed by atoms with van der Waals surface area (Å²) in [5.74, 6) is -0.978. The second kappa shape index (κ2) is 8.15. The Morgan fingerprint density at radius 2 is 1.66 bits per heavy atom. The van der Waals surface area contributed by atoms with Crippen LogP contribution in [0.1, 0.15) is 41.7 Å². The van der Waals surface area contributed by atoms with E-state index in [0.29, 0.717) is 13.1 Å². The van der Waals surface area contributed by atoms with E-state index >= 15 is 0 Å². The smallest absolute Gasteiger partial charge is 0.322 e. The van der Waals surface area contributed by atoms with E-state index in [2.05, 4.69) is 10.4 Å². The van der Waals surface area contributed by atoms with Crippen molar-refractivity contribution in [1.82, 2.24) is 14.1 Å². The van der Waals surface area contributed by atoms with Gasteiger partial charge in [-0.3, -0.25) is 9.48 Å². The first kappa shape index (κ1) is 21.3. The maximum atomic E-state index is 13.0. The maximum Gasteiger partial charge on any atom is 0.435 e. The van der Waals surface area contributed by atoms with Crippen molar-refractivity contribution in [2.45, 2.75) is 36.8 Å². The van der Waals surface area contributed by atoms with Gasteiger partial charge in [0.25, 0.3) is 5.91 Å². The quantitative estimate of drug-likeness (QED) is 0.807. The van der Waals surface area contributed by atoms with Crippen LogP contribution in [0.5, 0.6) is 0 Å². The van der Waals surface area contributed by atoms with E-state index in [1.807, 2.05) is 0 Å². The van der Waals surface area contributed by atoms with Gasteiger partial charge in [0.15, 0.2) is 5.69 Å². The van der Waals surface area contributed by atoms with Crippen LogP contribution in [0.3, 0.4) is 0 Å². The fraction of sp³-hybridized carbons (Fsp3) is 0.444. The molecule has 0 saturated carbocycles. The van der Waals surface area contributed by atoms with Crippen LogP contribution in [0.25, 0.3) is 0 Å². The number of rotatable bonds is 4. The Kier molecular flexibility index (Phi) is 5.99. The first-order chi connectivity index (χ1) is 13.6. The molecule has 0 unspecified atom stereocenters. The predicted octanol–water partition coefficient (Wildman–Crippen LogP) is 3.26. The lowest BCUT2D eigenvalue weighted by Gasteiger charge is -2.20. The van der Waals surface area contributed by atoms with E-state index in [9.17, 15) is 26.4 Å². The highest BCUT2D eigenvalue weighted by molar-refractivity contribution is 7.89. The molecule has 1 fully saturated rings. The van der Waals surface area contributed by atoms with Gasteiger partial charge in [-0.05, 0) is 37.1 Å². The lowest BCUT2D eigenvalue weighted by atomic mass is 10.2. The highest BCUT2D eigenvalue weighted by Gasteiger charge is 2.39. The van der Waals surface area contributed by atoms with Crippen LogP contribution in [0.15, 0.2) is 35.4 Å². The minimum Gasteiger partial charge on any atom is -0.322 e. The Labute approximate surface area is 166 Å². The zero-order chi connectivity index (χ0) is 21.2. The molecule has 1 aliphatic rings. The van der Waals surface area contributed by atoms with Crippen LogP contribution in [-0.2, 0) is 23.2 Å². The number of nitrogens with one attached hydrogen (secondary N) is 1. The first-order valence-electron chi connectivity index (χ1n) is 9.11. The molecule has 158 valence electrons. The summed E-state index contributed by atoms with van der Waals surface area (Å²) in [6.07, 6.45) is -0.189. The molecule has 0 atom stereocenters. The zero-order valence-electron chi connectivity index (χ0n) is 15.7. The molecule has 1 saturated heterocycles. The van der Waals surface area contributed by atoms with Crippen LogP contribution in [0.2, 0.25) is 0 Å². The summed E-state index contributed by atoms with van der Waals surface area (Å²) in [6, 6.07) is 5.38. The number of aryl methyl sites for hydroxylation is 1. The third-order valence-electron chi connectivity index (χ3n) is 4.66. The molecule has 29 heavy (non-hydrogen) atoms. The van der Waals surface area contributed by atoms with Gasteiger partial charge < -0.3 is 5.32 Å². The Hall–Kier alpha value is -2.40. The number of alkyl halides is 3. The highest BCUT2D eigenvalue weighted by atomic mass is 32.2. The SMILES string of the molecule is Cn1cc(C(=O)Nc2ccc(S(=O)(=O)N3CCCCCC3)cc2)c(C(F)(F)F)n1. The third-order valence-corrected chi connectivity index (χ3v) is 6.57. The summed E-state index contributed by atoms with van der Waals surface area (Å²) < 4.78 is 66.9. The first-order valence-corrected chi connectivity index (χ1v) is 10.6. The summed E-state index contributed by atoms with van der Waals surface area (Å²) in [5.41, 5.74) is -1.71. The summed E-state index contributed by atoms with van der Waals surface area (Å²) in [6.45, 7) is 0.921. The van der Waals surface area contributed by atoms with Gasteiger partial charge in [0.1, 0.15) is 0 Å².